The highest BCUT2D eigenvalue weighted by atomic mass is 15.1. The molecule has 14 aromatic carbocycles. The molecule has 418 valence electrons. The molecule has 1 aromatic heterocycles. The lowest BCUT2D eigenvalue weighted by Gasteiger charge is -2.29. The first kappa shape index (κ1) is 52.7. The third kappa shape index (κ3) is 8.54. The van der Waals surface area contributed by atoms with E-state index in [1.54, 1.807) is 0 Å². The Bertz CT molecular complexity index is 5010. The van der Waals surface area contributed by atoms with Gasteiger partial charge >= 0.3 is 0 Å². The maximum atomic E-state index is 2.51. The quantitative estimate of drug-likeness (QED) is 0.117. The zero-order chi connectivity index (χ0) is 59.0. The van der Waals surface area contributed by atoms with Crippen molar-refractivity contribution in [2.24, 2.45) is 0 Å². The molecule has 0 fully saturated rings. The van der Waals surface area contributed by atoms with Crippen LogP contribution in [0.3, 0.4) is 0 Å². The molecule has 0 saturated heterocycles. The fraction of sp³-hybridized carbons (Fsp3) is 0.0698. The number of rotatable bonds is 11. The van der Waals surface area contributed by atoms with Crippen molar-refractivity contribution >= 4 is 60.4 Å². The van der Waals surface area contributed by atoms with Crippen LogP contribution in [0.25, 0.3) is 127 Å². The molecule has 0 amide bonds. The zero-order valence-electron chi connectivity index (χ0n) is 50.0. The number of aryl methyl sites for hydroxylation is 2. The fourth-order valence-corrected chi connectivity index (χ4v) is 14.8. The van der Waals surface area contributed by atoms with Gasteiger partial charge in [-0.05, 0) is 221 Å². The lowest BCUT2D eigenvalue weighted by Crippen LogP contribution is -2.19. The van der Waals surface area contributed by atoms with Crippen molar-refractivity contribution in [2.45, 2.75) is 39.5 Å². The minimum absolute atomic E-state index is 0.0589. The van der Waals surface area contributed by atoms with Crippen molar-refractivity contribution in [1.29, 1.82) is 0 Å². The highest BCUT2D eigenvalue weighted by Crippen LogP contribution is 2.54. The molecule has 1 aliphatic rings. The van der Waals surface area contributed by atoms with Gasteiger partial charge in [0.2, 0.25) is 0 Å². The molecule has 0 aliphatic heterocycles. The standard InChI is InChI=1S/C86H64N2/c1-5-86(4)79-40-24-23-35-70(79)71-48-41-62(55-80(71)86)84-72-36-19-21-38-74(72)85(75-39-22-20-37-73(75)84)76-51-57(3)83(52-56(76)2)87(63-29-13-8-14-30-63)64-44-46-65(47-45-64)88-81-49-42-60(68-33-17-15-31-66(68)58-25-9-6-10-26-58)53-77(81)78-54-61(43-50-82(78)88)69-34-18-16-32-67(69)59-27-11-7-12-28-59/h6-55H,5H2,1-4H3. The van der Waals surface area contributed by atoms with Crippen LogP contribution in [0.1, 0.15) is 42.5 Å². The molecule has 0 N–H and O–H groups in total. The van der Waals surface area contributed by atoms with Crippen LogP contribution in [-0.4, -0.2) is 4.57 Å². The van der Waals surface area contributed by atoms with Crippen molar-refractivity contribution < 1.29 is 0 Å². The van der Waals surface area contributed by atoms with Gasteiger partial charge in [0.1, 0.15) is 0 Å². The molecular weight excluding hydrogens is 1060 g/mol. The van der Waals surface area contributed by atoms with Gasteiger partial charge in [0.25, 0.3) is 0 Å². The Hall–Kier alpha value is -10.8. The maximum Gasteiger partial charge on any atom is 0.0541 e. The van der Waals surface area contributed by atoms with Gasteiger partial charge in [0, 0.05) is 38.9 Å². The van der Waals surface area contributed by atoms with Crippen LogP contribution in [0, 0.1) is 13.8 Å². The minimum Gasteiger partial charge on any atom is -0.310 e. The van der Waals surface area contributed by atoms with E-state index in [1.165, 1.54) is 132 Å². The fourth-order valence-electron chi connectivity index (χ4n) is 14.8. The van der Waals surface area contributed by atoms with E-state index in [0.29, 0.717) is 0 Å². The monoisotopic (exact) mass is 1120 g/mol. The summed E-state index contributed by atoms with van der Waals surface area (Å²) >= 11 is 0. The summed E-state index contributed by atoms with van der Waals surface area (Å²) in [6.45, 7) is 9.35. The second-order valence-electron chi connectivity index (χ2n) is 24.1. The largest absolute Gasteiger partial charge is 0.310 e. The second kappa shape index (κ2) is 21.3. The smallest absolute Gasteiger partial charge is 0.0541 e. The molecule has 88 heavy (non-hydrogen) atoms. The number of benzene rings is 14. The number of hydrogen-bond donors (Lipinski definition) is 0. The average Bonchev–Trinajstić information content (AvgIpc) is 1.54. The van der Waals surface area contributed by atoms with E-state index in [1.807, 2.05) is 0 Å². The molecule has 2 nitrogen and oxygen atoms in total. The summed E-state index contributed by atoms with van der Waals surface area (Å²) < 4.78 is 2.46. The lowest BCUT2D eigenvalue weighted by molar-refractivity contribution is 0.565. The zero-order valence-corrected chi connectivity index (χ0v) is 50.0. The van der Waals surface area contributed by atoms with Crippen LogP contribution >= 0.6 is 0 Å². The highest BCUT2D eigenvalue weighted by molar-refractivity contribution is 6.22. The molecule has 16 rings (SSSR count). The molecular formula is C86H64N2. The highest BCUT2D eigenvalue weighted by Gasteiger charge is 2.38. The van der Waals surface area contributed by atoms with Crippen LogP contribution in [0.2, 0.25) is 0 Å². The summed E-state index contributed by atoms with van der Waals surface area (Å²) in [7, 11) is 0. The van der Waals surface area contributed by atoms with Gasteiger partial charge in [-0.15, -0.1) is 0 Å². The Labute approximate surface area is 515 Å². The van der Waals surface area contributed by atoms with Crippen molar-refractivity contribution in [2.75, 3.05) is 4.90 Å². The van der Waals surface area contributed by atoms with E-state index in [2.05, 4.69) is 340 Å². The first-order valence-electron chi connectivity index (χ1n) is 31.0. The van der Waals surface area contributed by atoms with Gasteiger partial charge in [0.05, 0.1) is 11.0 Å². The third-order valence-electron chi connectivity index (χ3n) is 19.2. The number of anilines is 3. The number of aromatic nitrogens is 1. The molecule has 0 radical (unpaired) electrons. The van der Waals surface area contributed by atoms with Gasteiger partial charge in [-0.1, -0.05) is 238 Å². The number of nitrogens with zero attached hydrogens (tertiary/aromatic N) is 2. The van der Waals surface area contributed by atoms with E-state index in [4.69, 9.17) is 0 Å². The summed E-state index contributed by atoms with van der Waals surface area (Å²) in [4.78, 5) is 2.43. The molecule has 0 spiro atoms. The van der Waals surface area contributed by atoms with E-state index in [-0.39, 0.29) is 5.41 Å². The molecule has 0 bridgehead atoms. The van der Waals surface area contributed by atoms with Crippen LogP contribution in [-0.2, 0) is 5.41 Å². The SMILES string of the molecule is CCC1(C)c2ccccc2-c2ccc(-c3c4ccccc4c(-c4cc(C)c(N(c5ccccc5)c5ccc(-n6c7ccc(-c8ccccc8-c8ccccc8)cc7c7cc(-c8ccccc8-c8ccccc8)ccc76)cc5)cc4C)c4ccccc34)cc21. The first-order chi connectivity index (χ1) is 43.3. The maximum absolute atomic E-state index is 2.51. The van der Waals surface area contributed by atoms with Crippen LogP contribution in [0.5, 0.6) is 0 Å². The first-order valence-corrected chi connectivity index (χ1v) is 31.0. The Morgan fingerprint density at radius 2 is 0.739 bits per heavy atom. The van der Waals surface area contributed by atoms with Crippen LogP contribution < -0.4 is 4.90 Å². The average molecular weight is 1130 g/mol. The molecule has 1 heterocycles. The van der Waals surface area contributed by atoms with E-state index in [9.17, 15) is 0 Å². The van der Waals surface area contributed by atoms with Crippen LogP contribution in [0.4, 0.5) is 17.1 Å². The van der Waals surface area contributed by atoms with Gasteiger partial charge in [-0.2, -0.15) is 0 Å². The number of fused-ring (bicyclic) bond motifs is 8. The van der Waals surface area contributed by atoms with Gasteiger partial charge < -0.3 is 9.47 Å². The molecule has 0 saturated carbocycles. The molecule has 1 atom stereocenters. The van der Waals surface area contributed by atoms with E-state index < -0.39 is 0 Å². The predicted octanol–water partition coefficient (Wildman–Crippen LogP) is 23.9. The Morgan fingerprint density at radius 3 is 1.27 bits per heavy atom. The van der Waals surface area contributed by atoms with Gasteiger partial charge in [-0.3, -0.25) is 0 Å². The van der Waals surface area contributed by atoms with Crippen molar-refractivity contribution in [3.05, 3.63) is 326 Å². The Kier molecular flexibility index (Phi) is 12.8. The summed E-state index contributed by atoms with van der Waals surface area (Å²) in [5.41, 5.74) is 29.4. The van der Waals surface area contributed by atoms with Crippen LogP contribution in [0.15, 0.2) is 303 Å². The molecule has 1 aliphatic carbocycles. The Balaban J connectivity index is 0.819. The molecule has 15 aromatic rings. The molecule has 2 heteroatoms. The minimum atomic E-state index is -0.0589. The number of hydrogen-bond acceptors (Lipinski definition) is 1. The van der Waals surface area contributed by atoms with E-state index >= 15 is 0 Å². The van der Waals surface area contributed by atoms with Crippen molar-refractivity contribution in [3.63, 3.8) is 0 Å². The summed E-state index contributed by atoms with van der Waals surface area (Å²) in [5.74, 6) is 0. The summed E-state index contributed by atoms with van der Waals surface area (Å²) in [6, 6.07) is 113. The van der Waals surface area contributed by atoms with Gasteiger partial charge in [0.15, 0.2) is 0 Å². The predicted molar refractivity (Wildman–Crippen MR) is 375 cm³/mol. The Morgan fingerprint density at radius 1 is 0.307 bits per heavy atom. The summed E-state index contributed by atoms with van der Waals surface area (Å²) in [5, 5.41) is 7.47. The van der Waals surface area contributed by atoms with Crippen molar-refractivity contribution in [1.82, 2.24) is 4.57 Å². The molecule has 1 unspecified atom stereocenters. The number of para-hydroxylation sites is 1. The normalized spacial score (nSPS) is 13.5. The van der Waals surface area contributed by atoms with Gasteiger partial charge in [-0.25, -0.2) is 0 Å². The summed E-state index contributed by atoms with van der Waals surface area (Å²) in [6.07, 6.45) is 1.03. The second-order valence-corrected chi connectivity index (χ2v) is 24.1. The lowest BCUT2D eigenvalue weighted by atomic mass is 9.77. The van der Waals surface area contributed by atoms with Crippen molar-refractivity contribution in [3.8, 4) is 83.6 Å². The topological polar surface area (TPSA) is 8.17 Å². The van der Waals surface area contributed by atoms with E-state index in [0.717, 1.165) is 40.2 Å². The third-order valence-corrected chi connectivity index (χ3v) is 19.2.